The van der Waals surface area contributed by atoms with Crippen LogP contribution in [0.1, 0.15) is 220 Å². The summed E-state index contributed by atoms with van der Waals surface area (Å²) < 4.78 is 29.8. The molecule has 2 unspecified atom stereocenters. The van der Waals surface area contributed by atoms with Gasteiger partial charge in [0.15, 0.2) is 6.79 Å². The maximum Gasteiger partial charge on any atom is 0.305 e. The minimum atomic E-state index is -2.89. The monoisotopic (exact) mass is 838 g/mol. The number of allylic oxidation sites excluding steroid dienone is 5. The number of ether oxygens (including phenoxy) is 2. The molecule has 0 aromatic heterocycles. The molecule has 58 heavy (non-hydrogen) atoms. The van der Waals surface area contributed by atoms with Crippen LogP contribution >= 0.6 is 7.57 Å². The van der Waals surface area contributed by atoms with E-state index in [1.807, 2.05) is 7.05 Å². The van der Waals surface area contributed by atoms with E-state index in [2.05, 4.69) is 63.3 Å². The van der Waals surface area contributed by atoms with E-state index in [-0.39, 0.29) is 18.7 Å². The summed E-state index contributed by atoms with van der Waals surface area (Å²) in [6.07, 6.45) is 50.8. The van der Waals surface area contributed by atoms with Crippen molar-refractivity contribution in [2.45, 2.75) is 220 Å². The Labute approximate surface area is 360 Å². The van der Waals surface area contributed by atoms with E-state index in [1.165, 1.54) is 140 Å². The Morgan fingerprint density at radius 2 is 1.03 bits per heavy atom. The van der Waals surface area contributed by atoms with Gasteiger partial charge in [-0.05, 0) is 96.8 Å². The van der Waals surface area contributed by atoms with Gasteiger partial charge >= 0.3 is 5.97 Å². The molecular weight excluding hydrogens is 742 g/mol. The normalized spacial score (nSPS) is 13.4. The minimum absolute atomic E-state index is 0.0488. The van der Waals surface area contributed by atoms with Crippen LogP contribution in [0.4, 0.5) is 0 Å². The van der Waals surface area contributed by atoms with Gasteiger partial charge in [0.25, 0.3) is 7.57 Å². The van der Waals surface area contributed by atoms with E-state index in [4.69, 9.17) is 23.0 Å². The van der Waals surface area contributed by atoms with E-state index in [0.29, 0.717) is 39.4 Å². The van der Waals surface area contributed by atoms with Crippen molar-refractivity contribution in [1.82, 2.24) is 5.32 Å². The molecule has 0 amide bonds. The van der Waals surface area contributed by atoms with Crippen LogP contribution in [0.2, 0.25) is 0 Å². The van der Waals surface area contributed by atoms with Crippen molar-refractivity contribution in [3.63, 3.8) is 0 Å². The molecule has 0 fully saturated rings. The van der Waals surface area contributed by atoms with Crippen molar-refractivity contribution in [1.29, 1.82) is 0 Å². The Morgan fingerprint density at radius 1 is 0.569 bits per heavy atom. The quantitative estimate of drug-likeness (QED) is 0.0215. The molecule has 342 valence electrons. The lowest BCUT2D eigenvalue weighted by Crippen LogP contribution is -2.21. The summed E-state index contributed by atoms with van der Waals surface area (Å²) in [5, 5.41) is 3.10. The first-order valence-corrected chi connectivity index (χ1v) is 26.1. The number of unbranched alkanes of at least 4 members (excludes halogenated alkanes) is 23. The molecule has 0 saturated carbocycles. The number of hydrogen-bond acceptors (Lipinski definition) is 7. The third-order valence-corrected chi connectivity index (χ3v) is 12.2. The lowest BCUT2D eigenvalue weighted by Gasteiger charge is -2.27. The van der Waals surface area contributed by atoms with Crippen LogP contribution in [0.15, 0.2) is 36.5 Å². The molecule has 0 heterocycles. The second-order valence-electron chi connectivity index (χ2n) is 16.5. The molecule has 0 saturated heterocycles. The van der Waals surface area contributed by atoms with E-state index in [9.17, 15) is 4.79 Å². The molecule has 0 rings (SSSR count). The van der Waals surface area contributed by atoms with Gasteiger partial charge in [0.1, 0.15) is 0 Å². The lowest BCUT2D eigenvalue weighted by molar-refractivity contribution is -0.145. The van der Waals surface area contributed by atoms with Crippen LogP contribution in [0.5, 0.6) is 0 Å². The van der Waals surface area contributed by atoms with Crippen molar-refractivity contribution in [2.24, 2.45) is 5.92 Å². The number of likely N-dealkylation sites (N-methyl/N-ethyl adjacent to an activating group) is 1. The largest absolute Gasteiger partial charge is 0.465 e. The first-order chi connectivity index (χ1) is 28.4. The second kappa shape index (κ2) is 45.3. The Bertz CT molecular complexity index is 1000. The molecule has 0 aliphatic rings. The zero-order chi connectivity index (χ0) is 42.5. The van der Waals surface area contributed by atoms with Crippen molar-refractivity contribution in [3.8, 4) is 0 Å². The smallest absolute Gasteiger partial charge is 0.305 e. The first kappa shape index (κ1) is 56.8. The first-order valence-electron chi connectivity index (χ1n) is 24.4. The third-order valence-electron chi connectivity index (χ3n) is 10.6. The maximum atomic E-state index is 12.8. The highest BCUT2D eigenvalue weighted by Crippen LogP contribution is 2.49. The summed E-state index contributed by atoms with van der Waals surface area (Å²) in [4.78, 5) is 12.8. The van der Waals surface area contributed by atoms with Crippen molar-refractivity contribution in [3.05, 3.63) is 36.5 Å². The molecule has 0 aromatic carbocycles. The minimum Gasteiger partial charge on any atom is -0.465 e. The van der Waals surface area contributed by atoms with Crippen LogP contribution in [-0.2, 0) is 27.8 Å². The number of carbonyl (C=O) groups excluding carboxylic acids is 1. The molecule has 0 aliphatic carbocycles. The molecular formula is C50H96NO6P. The molecule has 8 heteroatoms. The highest BCUT2D eigenvalue weighted by Gasteiger charge is 2.22. The molecule has 0 aliphatic heterocycles. The summed E-state index contributed by atoms with van der Waals surface area (Å²) in [7, 11) is -1.01. The van der Waals surface area contributed by atoms with E-state index < -0.39 is 7.57 Å². The molecule has 7 nitrogen and oxygen atoms in total. The van der Waals surface area contributed by atoms with Gasteiger partial charge < -0.3 is 23.8 Å². The number of rotatable bonds is 47. The number of esters is 1. The van der Waals surface area contributed by atoms with Crippen molar-refractivity contribution in [2.75, 3.05) is 46.8 Å². The van der Waals surface area contributed by atoms with Crippen LogP contribution in [0.25, 0.3) is 0 Å². The zero-order valence-electron chi connectivity index (χ0n) is 38.9. The van der Waals surface area contributed by atoms with Gasteiger partial charge in [-0.3, -0.25) is 9.32 Å². The van der Waals surface area contributed by atoms with E-state index >= 15 is 0 Å². The van der Waals surface area contributed by atoms with Crippen LogP contribution < -0.4 is 5.32 Å². The molecule has 1 N–H and O–H groups in total. The predicted molar refractivity (Wildman–Crippen MR) is 254 cm³/mol. The SMILES string of the molecule is C=C(CCCCCCC/C=C\CCCCCCCC)CC(COC(=O)CCCCCCC/C=C\CCCCCCCC)COP(=C)(OCCNC)OCOCCCC. The van der Waals surface area contributed by atoms with Crippen LogP contribution in [0.3, 0.4) is 0 Å². The Kier molecular flexibility index (Phi) is 44.4. The highest BCUT2D eigenvalue weighted by molar-refractivity contribution is 7.59. The molecule has 2 atom stereocenters. The number of carbonyl (C=O) groups is 1. The average molecular weight is 838 g/mol. The van der Waals surface area contributed by atoms with Crippen molar-refractivity contribution < 1.29 is 27.8 Å². The Hall–Kier alpha value is -1.21. The van der Waals surface area contributed by atoms with Gasteiger partial charge in [-0.1, -0.05) is 166 Å². The molecule has 0 radical (unpaired) electrons. The van der Waals surface area contributed by atoms with Crippen LogP contribution in [-0.4, -0.2) is 59.1 Å². The summed E-state index contributed by atoms with van der Waals surface area (Å²) in [5.41, 5.74) is 1.17. The summed E-state index contributed by atoms with van der Waals surface area (Å²) in [5.74, 6) is -0.181. The second-order valence-corrected chi connectivity index (χ2v) is 18.5. The Balaban J connectivity index is 4.68. The summed E-state index contributed by atoms with van der Waals surface area (Å²) >= 11 is 0. The zero-order valence-corrected chi connectivity index (χ0v) is 39.8. The fourth-order valence-electron chi connectivity index (χ4n) is 6.79. The average Bonchev–Trinajstić information content (AvgIpc) is 3.21. The molecule has 0 aromatic rings. The fourth-order valence-corrected chi connectivity index (χ4v) is 8.05. The summed E-state index contributed by atoms with van der Waals surface area (Å²) in [6, 6.07) is 0. The molecule has 0 spiro atoms. The Morgan fingerprint density at radius 3 is 1.53 bits per heavy atom. The standard InChI is InChI=1S/C50H96NO6P/c1-7-10-13-15-17-19-21-23-25-27-29-31-33-35-37-39-48(4)44-49(46-56-58(6,55-43-41-51-5)57-47-53-42-12-9-3)45-54-50(52)40-38-36-34-32-30-28-26-24-22-20-18-16-14-11-8-2/h23-26,49,51H,4,6-22,27-47H2,1-3,5H3/b25-23-,26-24-. The predicted octanol–water partition coefficient (Wildman–Crippen LogP) is 15.4. The number of nitrogens with one attached hydrogen (secondary N) is 1. The fraction of sp³-hybridized carbons (Fsp3) is 0.840. The third kappa shape index (κ3) is 41.5. The van der Waals surface area contributed by atoms with Gasteiger partial charge in [0, 0.05) is 25.5 Å². The summed E-state index contributed by atoms with van der Waals surface area (Å²) in [6.45, 7) is 13.5. The lowest BCUT2D eigenvalue weighted by atomic mass is 9.97. The van der Waals surface area contributed by atoms with Crippen molar-refractivity contribution >= 4 is 19.8 Å². The van der Waals surface area contributed by atoms with Gasteiger partial charge in [-0.25, -0.2) is 0 Å². The van der Waals surface area contributed by atoms with Crippen LogP contribution in [0, 0.1) is 5.92 Å². The van der Waals surface area contributed by atoms with E-state index in [0.717, 1.165) is 57.8 Å². The topological polar surface area (TPSA) is 75.3 Å². The maximum absolute atomic E-state index is 12.8. The highest BCUT2D eigenvalue weighted by atomic mass is 31.2. The van der Waals surface area contributed by atoms with Gasteiger partial charge in [-0.15, -0.1) is 0 Å². The van der Waals surface area contributed by atoms with Gasteiger partial charge in [0.05, 0.1) is 19.8 Å². The van der Waals surface area contributed by atoms with Gasteiger partial charge in [-0.2, -0.15) is 0 Å². The number of hydrogen-bond donors (Lipinski definition) is 1. The van der Waals surface area contributed by atoms with E-state index in [1.54, 1.807) is 0 Å². The molecule has 0 bridgehead atoms. The van der Waals surface area contributed by atoms with Gasteiger partial charge in [0.2, 0.25) is 0 Å².